The van der Waals surface area contributed by atoms with E-state index >= 15 is 0 Å². The fourth-order valence-electron chi connectivity index (χ4n) is 2.14. The fourth-order valence-corrected chi connectivity index (χ4v) is 2.14. The molecule has 19 heavy (non-hydrogen) atoms. The molecule has 4 heteroatoms. The lowest BCUT2D eigenvalue weighted by atomic mass is 10.1. The van der Waals surface area contributed by atoms with Crippen molar-refractivity contribution >= 4 is 0 Å². The predicted molar refractivity (Wildman–Crippen MR) is 73.8 cm³/mol. The molecule has 4 nitrogen and oxygen atoms in total. The minimum atomic E-state index is -0.466. The van der Waals surface area contributed by atoms with Crippen molar-refractivity contribution in [2.75, 3.05) is 26.3 Å². The minimum Gasteiger partial charge on any atom is -0.387 e. The molecule has 0 amide bonds. The smallest absolute Gasteiger partial charge is 0.157 e. The van der Waals surface area contributed by atoms with Gasteiger partial charge in [-0.1, -0.05) is 30.3 Å². The van der Waals surface area contributed by atoms with Crippen molar-refractivity contribution < 1.29 is 14.6 Å². The third kappa shape index (κ3) is 5.28. The van der Waals surface area contributed by atoms with E-state index in [9.17, 15) is 5.11 Å². The van der Waals surface area contributed by atoms with Crippen molar-refractivity contribution in [3.8, 4) is 0 Å². The first kappa shape index (κ1) is 14.5. The molecule has 0 saturated carbocycles. The lowest BCUT2D eigenvalue weighted by Gasteiger charge is -2.22. The monoisotopic (exact) mass is 265 g/mol. The van der Waals surface area contributed by atoms with Crippen LogP contribution in [-0.4, -0.2) is 37.7 Å². The summed E-state index contributed by atoms with van der Waals surface area (Å²) in [4.78, 5) is 0. The van der Waals surface area contributed by atoms with Gasteiger partial charge in [-0.05, 0) is 24.8 Å². The van der Waals surface area contributed by atoms with Gasteiger partial charge in [-0.3, -0.25) is 0 Å². The highest BCUT2D eigenvalue weighted by Crippen LogP contribution is 2.13. The largest absolute Gasteiger partial charge is 0.387 e. The lowest BCUT2D eigenvalue weighted by Crippen LogP contribution is -2.29. The van der Waals surface area contributed by atoms with Crippen LogP contribution < -0.4 is 5.32 Å². The number of benzene rings is 1. The quantitative estimate of drug-likeness (QED) is 0.739. The van der Waals surface area contributed by atoms with E-state index < -0.39 is 6.10 Å². The second kappa shape index (κ2) is 8.27. The van der Waals surface area contributed by atoms with Gasteiger partial charge in [-0.25, -0.2) is 0 Å². The summed E-state index contributed by atoms with van der Waals surface area (Å²) in [7, 11) is 0. The number of aliphatic hydroxyl groups excluding tert-OH is 1. The Morgan fingerprint density at radius 3 is 2.89 bits per heavy atom. The molecule has 2 rings (SSSR count). The van der Waals surface area contributed by atoms with Crippen LogP contribution in [0.2, 0.25) is 0 Å². The molecule has 1 heterocycles. The molecular formula is C15H23NO3. The molecule has 1 saturated heterocycles. The summed E-state index contributed by atoms with van der Waals surface area (Å²) in [5.41, 5.74) is 0.937. The minimum absolute atomic E-state index is 0.0328. The van der Waals surface area contributed by atoms with E-state index in [0.29, 0.717) is 13.2 Å². The standard InChI is InChI=1S/C15H23NO3/c17-14(13-6-2-1-3-7-13)12-16-9-11-19-15-8-4-5-10-18-15/h1-3,6-7,14-17H,4-5,8-12H2/t14-,15?/m0/s1. The molecule has 0 bridgehead atoms. The first-order chi connectivity index (χ1) is 9.36. The fraction of sp³-hybridized carbons (Fsp3) is 0.600. The molecule has 1 aromatic carbocycles. The van der Waals surface area contributed by atoms with Gasteiger partial charge < -0.3 is 19.9 Å². The number of rotatable bonds is 7. The summed E-state index contributed by atoms with van der Waals surface area (Å²) >= 11 is 0. The van der Waals surface area contributed by atoms with Crippen LogP contribution in [0.3, 0.4) is 0 Å². The van der Waals surface area contributed by atoms with Crippen molar-refractivity contribution in [3.63, 3.8) is 0 Å². The van der Waals surface area contributed by atoms with E-state index in [0.717, 1.165) is 31.6 Å². The normalized spacial score (nSPS) is 21.2. The van der Waals surface area contributed by atoms with E-state index in [4.69, 9.17) is 9.47 Å². The van der Waals surface area contributed by atoms with E-state index in [1.807, 2.05) is 30.3 Å². The van der Waals surface area contributed by atoms with Crippen molar-refractivity contribution in [1.82, 2.24) is 5.32 Å². The zero-order valence-electron chi connectivity index (χ0n) is 11.3. The molecular weight excluding hydrogens is 242 g/mol. The molecule has 1 unspecified atom stereocenters. The third-order valence-electron chi connectivity index (χ3n) is 3.24. The maximum absolute atomic E-state index is 9.94. The average molecular weight is 265 g/mol. The molecule has 0 spiro atoms. The van der Waals surface area contributed by atoms with Crippen LogP contribution in [0.5, 0.6) is 0 Å². The van der Waals surface area contributed by atoms with Gasteiger partial charge in [0.05, 0.1) is 12.7 Å². The van der Waals surface area contributed by atoms with Crippen molar-refractivity contribution in [2.45, 2.75) is 31.7 Å². The summed E-state index contributed by atoms with van der Waals surface area (Å²) < 4.78 is 11.1. The Balaban J connectivity index is 1.54. The Morgan fingerprint density at radius 1 is 1.32 bits per heavy atom. The highest BCUT2D eigenvalue weighted by Gasteiger charge is 2.13. The maximum Gasteiger partial charge on any atom is 0.157 e. The Labute approximate surface area is 114 Å². The summed E-state index contributed by atoms with van der Waals surface area (Å²) in [6.07, 6.45) is 2.82. The molecule has 1 aromatic rings. The van der Waals surface area contributed by atoms with E-state index in [2.05, 4.69) is 5.32 Å². The van der Waals surface area contributed by atoms with Crippen LogP contribution in [0.1, 0.15) is 30.9 Å². The van der Waals surface area contributed by atoms with Gasteiger partial charge in [0.1, 0.15) is 0 Å². The first-order valence-corrected chi connectivity index (χ1v) is 7.03. The molecule has 1 aliphatic rings. The Hall–Kier alpha value is -0.940. The maximum atomic E-state index is 9.94. The van der Waals surface area contributed by atoms with Gasteiger partial charge in [0.15, 0.2) is 6.29 Å². The molecule has 1 aliphatic heterocycles. The Morgan fingerprint density at radius 2 is 2.16 bits per heavy atom. The van der Waals surface area contributed by atoms with E-state index in [1.54, 1.807) is 0 Å². The van der Waals surface area contributed by atoms with Crippen molar-refractivity contribution in [3.05, 3.63) is 35.9 Å². The molecule has 2 N–H and O–H groups in total. The highest BCUT2D eigenvalue weighted by atomic mass is 16.7. The van der Waals surface area contributed by atoms with E-state index in [-0.39, 0.29) is 6.29 Å². The number of hydrogen-bond acceptors (Lipinski definition) is 4. The molecule has 1 fully saturated rings. The van der Waals surface area contributed by atoms with Gasteiger partial charge in [0, 0.05) is 19.7 Å². The number of hydrogen-bond donors (Lipinski definition) is 2. The second-order valence-corrected chi connectivity index (χ2v) is 4.80. The lowest BCUT2D eigenvalue weighted by molar-refractivity contribution is -0.161. The molecule has 0 radical (unpaired) electrons. The number of nitrogens with one attached hydrogen (secondary N) is 1. The van der Waals surface area contributed by atoms with Gasteiger partial charge in [-0.2, -0.15) is 0 Å². The third-order valence-corrected chi connectivity index (χ3v) is 3.24. The zero-order valence-corrected chi connectivity index (χ0v) is 11.3. The average Bonchev–Trinajstić information content (AvgIpc) is 2.49. The van der Waals surface area contributed by atoms with Crippen molar-refractivity contribution in [1.29, 1.82) is 0 Å². The summed E-state index contributed by atoms with van der Waals surface area (Å²) in [5.74, 6) is 0. The van der Waals surface area contributed by atoms with Crippen LogP contribution in [-0.2, 0) is 9.47 Å². The highest BCUT2D eigenvalue weighted by molar-refractivity contribution is 5.17. The van der Waals surface area contributed by atoms with Gasteiger partial charge >= 0.3 is 0 Å². The SMILES string of the molecule is O[C@@H](CNCCOC1CCCCO1)c1ccccc1. The first-order valence-electron chi connectivity index (χ1n) is 7.03. The van der Waals surface area contributed by atoms with Gasteiger partial charge in [0.2, 0.25) is 0 Å². The van der Waals surface area contributed by atoms with Crippen LogP contribution in [0.4, 0.5) is 0 Å². The topological polar surface area (TPSA) is 50.7 Å². The molecule has 2 atom stereocenters. The summed E-state index contributed by atoms with van der Waals surface area (Å²) in [6, 6.07) is 9.67. The van der Waals surface area contributed by atoms with Crippen LogP contribution >= 0.6 is 0 Å². The van der Waals surface area contributed by atoms with Gasteiger partial charge in [-0.15, -0.1) is 0 Å². The summed E-state index contributed by atoms with van der Waals surface area (Å²) in [5, 5.41) is 13.1. The molecule has 0 aliphatic carbocycles. The van der Waals surface area contributed by atoms with Crippen LogP contribution in [0.25, 0.3) is 0 Å². The number of aliphatic hydroxyl groups is 1. The second-order valence-electron chi connectivity index (χ2n) is 4.80. The molecule has 106 valence electrons. The Kier molecular flexibility index (Phi) is 6.30. The van der Waals surface area contributed by atoms with Gasteiger partial charge in [0.25, 0.3) is 0 Å². The van der Waals surface area contributed by atoms with Crippen LogP contribution in [0, 0.1) is 0 Å². The Bertz CT molecular complexity index is 339. The van der Waals surface area contributed by atoms with Crippen LogP contribution in [0.15, 0.2) is 30.3 Å². The molecule has 0 aromatic heterocycles. The number of ether oxygens (including phenoxy) is 2. The predicted octanol–water partition coefficient (Wildman–Crippen LogP) is 1.85. The summed E-state index contributed by atoms with van der Waals surface area (Å²) in [6.45, 7) is 2.69. The van der Waals surface area contributed by atoms with E-state index in [1.165, 1.54) is 6.42 Å². The zero-order chi connectivity index (χ0) is 13.3. The van der Waals surface area contributed by atoms with Crippen molar-refractivity contribution in [2.24, 2.45) is 0 Å².